The van der Waals surface area contributed by atoms with E-state index in [4.69, 9.17) is 11.5 Å². The number of hydrogen-bond donors (Lipinski definition) is 3. The minimum absolute atomic E-state index is 0.00736. The van der Waals surface area contributed by atoms with E-state index in [2.05, 4.69) is 30.6 Å². The summed E-state index contributed by atoms with van der Waals surface area (Å²) in [6, 6.07) is 0. The number of nitrogens with zero attached hydrogens (tertiary/aromatic N) is 6. The summed E-state index contributed by atoms with van der Waals surface area (Å²) in [5.74, 6) is -0.866. The van der Waals surface area contributed by atoms with E-state index in [-0.39, 0.29) is 41.0 Å². The SMILES string of the molecule is Cc1nn(CC(=O)NN=C(N)c2nonc2N)c(C)c1[N+](=O)[O-]. The van der Waals surface area contributed by atoms with E-state index < -0.39 is 10.8 Å². The topological polar surface area (TPSA) is 193 Å². The summed E-state index contributed by atoms with van der Waals surface area (Å²) >= 11 is 0. The third-order valence-electron chi connectivity index (χ3n) is 2.88. The summed E-state index contributed by atoms with van der Waals surface area (Å²) < 4.78 is 5.54. The van der Waals surface area contributed by atoms with Crippen LogP contribution in [0.25, 0.3) is 0 Å². The van der Waals surface area contributed by atoms with Crippen LogP contribution < -0.4 is 16.9 Å². The Morgan fingerprint density at radius 2 is 2.17 bits per heavy atom. The molecule has 2 aromatic heterocycles. The van der Waals surface area contributed by atoms with Crippen LogP contribution in [0.15, 0.2) is 9.73 Å². The number of nitrogens with one attached hydrogen (secondary N) is 1. The molecule has 2 heterocycles. The number of anilines is 1. The third kappa shape index (κ3) is 3.22. The molecule has 0 saturated heterocycles. The second kappa shape index (κ2) is 6.08. The summed E-state index contributed by atoms with van der Waals surface area (Å²) in [5.41, 5.74) is 13.5. The maximum Gasteiger partial charge on any atom is 0.312 e. The number of nitrogen functional groups attached to an aromatic ring is 1. The molecule has 0 aliphatic rings. The zero-order chi connectivity index (χ0) is 17.1. The third-order valence-corrected chi connectivity index (χ3v) is 2.88. The monoisotopic (exact) mass is 323 g/mol. The Bertz CT molecular complexity index is 790. The van der Waals surface area contributed by atoms with E-state index in [1.807, 2.05) is 0 Å². The molecule has 5 N–H and O–H groups in total. The fourth-order valence-electron chi connectivity index (χ4n) is 1.83. The molecule has 0 saturated carbocycles. The van der Waals surface area contributed by atoms with Crippen molar-refractivity contribution in [2.75, 3.05) is 5.73 Å². The van der Waals surface area contributed by atoms with Crippen LogP contribution in [0.2, 0.25) is 0 Å². The molecule has 0 aromatic carbocycles. The van der Waals surface area contributed by atoms with Crippen LogP contribution in [-0.2, 0) is 11.3 Å². The summed E-state index contributed by atoms with van der Waals surface area (Å²) in [4.78, 5) is 22.2. The highest BCUT2D eigenvalue weighted by atomic mass is 16.6. The van der Waals surface area contributed by atoms with E-state index in [0.29, 0.717) is 0 Å². The number of nitrogens with two attached hydrogens (primary N) is 2. The van der Waals surface area contributed by atoms with Gasteiger partial charge in [0.1, 0.15) is 17.9 Å². The molecule has 0 aliphatic heterocycles. The zero-order valence-corrected chi connectivity index (χ0v) is 12.2. The van der Waals surface area contributed by atoms with Gasteiger partial charge in [-0.15, -0.1) is 0 Å². The van der Waals surface area contributed by atoms with Gasteiger partial charge in [0.15, 0.2) is 17.3 Å². The van der Waals surface area contributed by atoms with E-state index in [0.717, 1.165) is 0 Å². The van der Waals surface area contributed by atoms with E-state index >= 15 is 0 Å². The molecule has 0 aliphatic carbocycles. The van der Waals surface area contributed by atoms with Crippen molar-refractivity contribution in [3.63, 3.8) is 0 Å². The largest absolute Gasteiger partial charge is 0.380 e. The molecule has 1 amide bonds. The first-order valence-electron chi connectivity index (χ1n) is 6.20. The lowest BCUT2D eigenvalue weighted by Crippen LogP contribution is -2.28. The number of hydrazone groups is 1. The van der Waals surface area contributed by atoms with Crippen LogP contribution in [0.3, 0.4) is 0 Å². The summed E-state index contributed by atoms with van der Waals surface area (Å²) in [5, 5.41) is 25.2. The summed E-state index contributed by atoms with van der Waals surface area (Å²) in [7, 11) is 0. The fourth-order valence-corrected chi connectivity index (χ4v) is 1.83. The van der Waals surface area contributed by atoms with Gasteiger partial charge in [0, 0.05) is 0 Å². The zero-order valence-electron chi connectivity index (χ0n) is 12.2. The van der Waals surface area contributed by atoms with Crippen molar-refractivity contribution in [1.82, 2.24) is 25.5 Å². The number of amides is 1. The van der Waals surface area contributed by atoms with E-state index in [1.54, 1.807) is 0 Å². The highest BCUT2D eigenvalue weighted by Crippen LogP contribution is 2.21. The van der Waals surface area contributed by atoms with Gasteiger partial charge in [0.25, 0.3) is 5.91 Å². The van der Waals surface area contributed by atoms with Gasteiger partial charge in [0.05, 0.1) is 4.92 Å². The van der Waals surface area contributed by atoms with Crippen LogP contribution >= 0.6 is 0 Å². The van der Waals surface area contributed by atoms with Crippen LogP contribution in [0.4, 0.5) is 11.5 Å². The highest BCUT2D eigenvalue weighted by Gasteiger charge is 2.22. The predicted molar refractivity (Wildman–Crippen MR) is 75.9 cm³/mol. The minimum atomic E-state index is -0.594. The Morgan fingerprint density at radius 3 is 2.70 bits per heavy atom. The van der Waals surface area contributed by atoms with Gasteiger partial charge in [-0.2, -0.15) is 10.2 Å². The minimum Gasteiger partial charge on any atom is -0.380 e. The van der Waals surface area contributed by atoms with Crippen LogP contribution in [0, 0.1) is 24.0 Å². The molecule has 0 spiro atoms. The second-order valence-electron chi connectivity index (χ2n) is 4.46. The number of amidine groups is 1. The number of nitro groups is 1. The van der Waals surface area contributed by atoms with Gasteiger partial charge in [-0.1, -0.05) is 0 Å². The molecule has 2 rings (SSSR count). The molecule has 23 heavy (non-hydrogen) atoms. The maximum absolute atomic E-state index is 11.8. The van der Waals surface area contributed by atoms with Gasteiger partial charge in [-0.3, -0.25) is 19.6 Å². The predicted octanol–water partition coefficient (Wildman–Crippen LogP) is -1.19. The lowest BCUT2D eigenvalue weighted by atomic mass is 10.3. The van der Waals surface area contributed by atoms with E-state index in [1.165, 1.54) is 18.5 Å². The van der Waals surface area contributed by atoms with Crippen LogP contribution in [0.5, 0.6) is 0 Å². The molecule has 2 aromatic rings. The van der Waals surface area contributed by atoms with Crippen molar-refractivity contribution < 1.29 is 14.3 Å². The lowest BCUT2D eigenvalue weighted by Gasteiger charge is -2.03. The van der Waals surface area contributed by atoms with Gasteiger partial charge >= 0.3 is 5.69 Å². The van der Waals surface area contributed by atoms with Gasteiger partial charge in [0.2, 0.25) is 0 Å². The number of carbonyl (C=O) groups excluding carboxylic acids is 1. The van der Waals surface area contributed by atoms with Crippen molar-refractivity contribution in [3.8, 4) is 0 Å². The molecular formula is C10H13N9O4. The molecule has 13 heteroatoms. The molecular weight excluding hydrogens is 310 g/mol. The fraction of sp³-hybridized carbons (Fsp3) is 0.300. The number of hydrogen-bond acceptors (Lipinski definition) is 9. The normalized spacial score (nSPS) is 11.5. The first-order chi connectivity index (χ1) is 10.8. The standard InChI is InChI=1S/C10H13N9O4/c1-4-8(19(21)22)5(2)18(15-4)3-6(20)13-14-9(11)7-10(12)17-23-16-7/h3H2,1-2H3,(H2,11,14)(H2,12,17)(H,13,20). The molecule has 0 radical (unpaired) electrons. The average molecular weight is 323 g/mol. The Kier molecular flexibility index (Phi) is 4.20. The van der Waals surface area contributed by atoms with Gasteiger partial charge in [-0.05, 0) is 24.2 Å². The molecule has 0 fully saturated rings. The molecule has 0 atom stereocenters. The molecule has 0 bridgehead atoms. The second-order valence-corrected chi connectivity index (χ2v) is 4.46. The number of carbonyl (C=O) groups is 1. The number of rotatable bonds is 5. The first kappa shape index (κ1) is 15.9. The highest BCUT2D eigenvalue weighted by molar-refractivity contribution is 5.99. The van der Waals surface area contributed by atoms with Crippen molar-refractivity contribution in [3.05, 3.63) is 27.2 Å². The Labute approximate surface area is 128 Å². The molecule has 13 nitrogen and oxygen atoms in total. The Hall–Kier alpha value is -3.51. The molecule has 0 unspecified atom stereocenters. The van der Waals surface area contributed by atoms with Crippen molar-refractivity contribution >= 4 is 23.2 Å². The van der Waals surface area contributed by atoms with Crippen LogP contribution in [0.1, 0.15) is 17.1 Å². The van der Waals surface area contributed by atoms with Gasteiger partial charge < -0.3 is 11.5 Å². The summed E-state index contributed by atoms with van der Waals surface area (Å²) in [6.07, 6.45) is 0. The number of aromatic nitrogens is 4. The van der Waals surface area contributed by atoms with Crippen LogP contribution in [-0.4, -0.2) is 36.8 Å². The van der Waals surface area contributed by atoms with Crippen molar-refractivity contribution in [1.29, 1.82) is 0 Å². The Morgan fingerprint density at radius 1 is 1.48 bits per heavy atom. The average Bonchev–Trinajstić information content (AvgIpc) is 3.00. The van der Waals surface area contributed by atoms with Gasteiger partial charge in [-0.25, -0.2) is 10.1 Å². The molecule has 122 valence electrons. The maximum atomic E-state index is 11.8. The lowest BCUT2D eigenvalue weighted by molar-refractivity contribution is -0.386. The van der Waals surface area contributed by atoms with E-state index in [9.17, 15) is 14.9 Å². The first-order valence-corrected chi connectivity index (χ1v) is 6.20. The smallest absolute Gasteiger partial charge is 0.312 e. The number of aryl methyl sites for hydroxylation is 1. The van der Waals surface area contributed by atoms with Crippen molar-refractivity contribution in [2.24, 2.45) is 10.8 Å². The quantitative estimate of drug-likeness (QED) is 0.262. The van der Waals surface area contributed by atoms with Crippen molar-refractivity contribution in [2.45, 2.75) is 20.4 Å². The Balaban J connectivity index is 2.08. The summed E-state index contributed by atoms with van der Waals surface area (Å²) in [6.45, 7) is 2.70.